The van der Waals surface area contributed by atoms with E-state index in [1.807, 2.05) is 36.4 Å². The van der Waals surface area contributed by atoms with Crippen LogP contribution in [0.4, 0.5) is 0 Å². The van der Waals surface area contributed by atoms with E-state index in [4.69, 9.17) is 4.84 Å². The lowest BCUT2D eigenvalue weighted by molar-refractivity contribution is -0.209. The highest BCUT2D eigenvalue weighted by Crippen LogP contribution is 2.37. The Hall–Kier alpha value is -1.61. The third-order valence-electron chi connectivity index (χ3n) is 4.18. The van der Waals surface area contributed by atoms with Gasteiger partial charge in [-0.2, -0.15) is 0 Å². The Morgan fingerprint density at radius 2 is 2.15 bits per heavy atom. The first-order valence-corrected chi connectivity index (χ1v) is 7.27. The van der Waals surface area contributed by atoms with E-state index >= 15 is 0 Å². The lowest BCUT2D eigenvalue weighted by Crippen LogP contribution is -2.45. The molecule has 1 aromatic carbocycles. The number of piperidine rings is 1. The molecule has 108 valence electrons. The van der Waals surface area contributed by atoms with Crippen LogP contribution in [0.5, 0.6) is 0 Å². The summed E-state index contributed by atoms with van der Waals surface area (Å²) in [5.74, 6) is 0.0917. The molecule has 0 saturated carbocycles. The molecule has 1 aliphatic rings. The first-order chi connectivity index (χ1) is 9.69. The van der Waals surface area contributed by atoms with Gasteiger partial charge < -0.3 is 0 Å². The smallest absolute Gasteiger partial charge is 0.246 e. The van der Waals surface area contributed by atoms with Crippen LogP contribution in [0.1, 0.15) is 38.2 Å². The number of hydroxylamine groups is 2. The molecule has 0 bridgehead atoms. The van der Waals surface area contributed by atoms with Crippen molar-refractivity contribution >= 4 is 5.91 Å². The van der Waals surface area contributed by atoms with Gasteiger partial charge in [-0.25, -0.2) is 5.06 Å². The zero-order valence-corrected chi connectivity index (χ0v) is 12.2. The number of carbonyl (C=O) groups is 1. The minimum atomic E-state index is 0.0917. The predicted octanol–water partition coefficient (Wildman–Crippen LogP) is 3.71. The lowest BCUT2D eigenvalue weighted by Gasteiger charge is -2.40. The van der Waals surface area contributed by atoms with Crippen molar-refractivity contribution in [1.82, 2.24) is 5.06 Å². The molecule has 1 aliphatic heterocycles. The minimum Gasteiger partial charge on any atom is -0.273 e. The summed E-state index contributed by atoms with van der Waals surface area (Å²) in [6, 6.07) is 9.94. The Morgan fingerprint density at radius 1 is 1.40 bits per heavy atom. The van der Waals surface area contributed by atoms with Gasteiger partial charge >= 0.3 is 0 Å². The standard InChI is InChI=1S/C17H23NO2/c1-3-11-17(4-2)12-10-16(19)18(14-17)20-13-15-8-6-5-7-9-15/h3,5-9H,1,4,10-14H2,2H3/t17-/m1/s1. The molecule has 0 N–H and O–H groups in total. The number of carbonyl (C=O) groups excluding carboxylic acids is 1. The van der Waals surface area contributed by atoms with Crippen LogP contribution in [-0.4, -0.2) is 17.5 Å². The third kappa shape index (κ3) is 3.48. The molecular formula is C17H23NO2. The van der Waals surface area contributed by atoms with Gasteiger partial charge in [0.1, 0.15) is 6.61 Å². The fourth-order valence-corrected chi connectivity index (χ4v) is 2.72. The molecule has 0 radical (unpaired) electrons. The highest BCUT2D eigenvalue weighted by molar-refractivity contribution is 5.76. The van der Waals surface area contributed by atoms with Crippen molar-refractivity contribution < 1.29 is 9.63 Å². The van der Waals surface area contributed by atoms with Crippen molar-refractivity contribution in [2.75, 3.05) is 6.54 Å². The van der Waals surface area contributed by atoms with Crippen LogP contribution in [0.3, 0.4) is 0 Å². The maximum absolute atomic E-state index is 12.0. The second-order valence-electron chi connectivity index (χ2n) is 5.54. The van der Waals surface area contributed by atoms with Crippen molar-refractivity contribution in [3.8, 4) is 0 Å². The van der Waals surface area contributed by atoms with Crippen LogP contribution < -0.4 is 0 Å². The summed E-state index contributed by atoms with van der Waals surface area (Å²) in [4.78, 5) is 17.7. The monoisotopic (exact) mass is 273 g/mol. The predicted molar refractivity (Wildman–Crippen MR) is 79.7 cm³/mol. The van der Waals surface area contributed by atoms with E-state index in [-0.39, 0.29) is 11.3 Å². The minimum absolute atomic E-state index is 0.0917. The molecule has 0 aliphatic carbocycles. The molecule has 20 heavy (non-hydrogen) atoms. The molecule has 0 aromatic heterocycles. The fraction of sp³-hybridized carbons (Fsp3) is 0.471. The first kappa shape index (κ1) is 14.8. The van der Waals surface area contributed by atoms with Gasteiger partial charge in [0.15, 0.2) is 0 Å². The summed E-state index contributed by atoms with van der Waals surface area (Å²) in [5.41, 5.74) is 1.21. The zero-order valence-electron chi connectivity index (χ0n) is 12.2. The van der Waals surface area contributed by atoms with Crippen LogP contribution in [0, 0.1) is 5.41 Å². The normalized spacial score (nSPS) is 22.9. The highest BCUT2D eigenvalue weighted by Gasteiger charge is 2.37. The molecule has 2 rings (SSSR count). The Bertz CT molecular complexity index is 457. The Balaban J connectivity index is 1.98. The molecular weight excluding hydrogens is 250 g/mol. The van der Waals surface area contributed by atoms with Gasteiger partial charge in [-0.15, -0.1) is 6.58 Å². The summed E-state index contributed by atoms with van der Waals surface area (Å²) in [6.45, 7) is 7.13. The van der Waals surface area contributed by atoms with Crippen molar-refractivity contribution in [1.29, 1.82) is 0 Å². The summed E-state index contributed by atoms with van der Waals surface area (Å²) < 4.78 is 0. The average molecular weight is 273 g/mol. The van der Waals surface area contributed by atoms with Crippen LogP contribution in [0.2, 0.25) is 0 Å². The summed E-state index contributed by atoms with van der Waals surface area (Å²) >= 11 is 0. The average Bonchev–Trinajstić information content (AvgIpc) is 2.49. The quantitative estimate of drug-likeness (QED) is 0.739. The topological polar surface area (TPSA) is 29.5 Å². The van der Waals surface area contributed by atoms with Crippen LogP contribution >= 0.6 is 0 Å². The molecule has 3 heteroatoms. The van der Waals surface area contributed by atoms with E-state index in [9.17, 15) is 4.79 Å². The number of rotatable bonds is 6. The van der Waals surface area contributed by atoms with E-state index < -0.39 is 0 Å². The van der Waals surface area contributed by atoms with Crippen LogP contribution in [0.15, 0.2) is 43.0 Å². The second-order valence-corrected chi connectivity index (χ2v) is 5.54. The lowest BCUT2D eigenvalue weighted by atomic mass is 9.75. The summed E-state index contributed by atoms with van der Waals surface area (Å²) in [6.07, 6.45) is 5.42. The van der Waals surface area contributed by atoms with Crippen molar-refractivity contribution in [3.05, 3.63) is 48.6 Å². The largest absolute Gasteiger partial charge is 0.273 e. The van der Waals surface area contributed by atoms with E-state index in [1.165, 1.54) is 0 Å². The van der Waals surface area contributed by atoms with Gasteiger partial charge in [0.2, 0.25) is 5.91 Å². The molecule has 0 unspecified atom stereocenters. The number of amides is 1. The second kappa shape index (κ2) is 6.71. The van der Waals surface area contributed by atoms with Gasteiger partial charge in [-0.3, -0.25) is 9.63 Å². The number of allylic oxidation sites excluding steroid dienone is 1. The van der Waals surface area contributed by atoms with E-state index in [0.29, 0.717) is 19.6 Å². The van der Waals surface area contributed by atoms with Gasteiger partial charge in [0.25, 0.3) is 0 Å². The van der Waals surface area contributed by atoms with E-state index in [1.54, 1.807) is 5.06 Å². The van der Waals surface area contributed by atoms with Gasteiger partial charge in [0, 0.05) is 6.42 Å². The van der Waals surface area contributed by atoms with Crippen LogP contribution in [0.25, 0.3) is 0 Å². The molecule has 1 amide bonds. The van der Waals surface area contributed by atoms with E-state index in [2.05, 4.69) is 13.5 Å². The van der Waals surface area contributed by atoms with Crippen LogP contribution in [-0.2, 0) is 16.2 Å². The molecule has 0 spiro atoms. The van der Waals surface area contributed by atoms with E-state index in [0.717, 1.165) is 24.8 Å². The van der Waals surface area contributed by atoms with Gasteiger partial charge in [-0.1, -0.05) is 43.3 Å². The Kier molecular flexibility index (Phi) is 4.96. The molecule has 1 heterocycles. The number of nitrogens with zero attached hydrogens (tertiary/aromatic N) is 1. The fourth-order valence-electron chi connectivity index (χ4n) is 2.72. The van der Waals surface area contributed by atoms with Gasteiger partial charge in [-0.05, 0) is 30.2 Å². The number of hydrogen-bond donors (Lipinski definition) is 0. The molecule has 1 aromatic rings. The maximum atomic E-state index is 12.0. The summed E-state index contributed by atoms with van der Waals surface area (Å²) in [7, 11) is 0. The van der Waals surface area contributed by atoms with Crippen molar-refractivity contribution in [2.45, 2.75) is 39.2 Å². The van der Waals surface area contributed by atoms with Gasteiger partial charge in [0.05, 0.1) is 6.54 Å². The highest BCUT2D eigenvalue weighted by atomic mass is 16.7. The number of hydrogen-bond acceptors (Lipinski definition) is 2. The summed E-state index contributed by atoms with van der Waals surface area (Å²) in [5, 5.41) is 1.56. The third-order valence-corrected chi connectivity index (χ3v) is 4.18. The SMILES string of the molecule is C=CC[C@]1(CC)CCC(=O)N(OCc2ccccc2)C1. The molecule has 1 saturated heterocycles. The van der Waals surface area contributed by atoms with Crippen molar-refractivity contribution in [3.63, 3.8) is 0 Å². The molecule has 1 atom stereocenters. The Labute approximate surface area is 121 Å². The molecule has 1 fully saturated rings. The first-order valence-electron chi connectivity index (χ1n) is 7.27. The van der Waals surface area contributed by atoms with Crippen molar-refractivity contribution in [2.24, 2.45) is 5.41 Å². The molecule has 3 nitrogen and oxygen atoms in total. The Morgan fingerprint density at radius 3 is 2.80 bits per heavy atom. The zero-order chi connectivity index (χ0) is 14.4. The maximum Gasteiger partial charge on any atom is 0.246 e. The number of benzene rings is 1.